The summed E-state index contributed by atoms with van der Waals surface area (Å²) < 4.78 is 14.8. The van der Waals surface area contributed by atoms with Crippen LogP contribution in [0.1, 0.15) is 33.5 Å². The molecule has 8 nitrogen and oxygen atoms in total. The number of anilines is 2. The Kier molecular flexibility index (Phi) is 8.74. The maximum atomic E-state index is 14.8. The Labute approximate surface area is 255 Å². The van der Waals surface area contributed by atoms with Crippen LogP contribution in [0.4, 0.5) is 16.0 Å². The van der Waals surface area contributed by atoms with Crippen LogP contribution in [0.2, 0.25) is 5.02 Å². The number of carbonyl (C=O) groups is 1. The molecule has 0 radical (unpaired) electrons. The van der Waals surface area contributed by atoms with E-state index in [0.29, 0.717) is 52.2 Å². The summed E-state index contributed by atoms with van der Waals surface area (Å²) in [6.45, 7) is 6.28. The third-order valence-electron chi connectivity index (χ3n) is 7.83. The average molecular weight is 598 g/mol. The van der Waals surface area contributed by atoms with E-state index in [4.69, 9.17) is 21.6 Å². The van der Waals surface area contributed by atoms with Crippen molar-refractivity contribution in [3.8, 4) is 11.3 Å². The third kappa shape index (κ3) is 6.74. The van der Waals surface area contributed by atoms with E-state index in [1.165, 1.54) is 6.07 Å². The summed E-state index contributed by atoms with van der Waals surface area (Å²) >= 11 is 6.37. The van der Waals surface area contributed by atoms with Gasteiger partial charge >= 0.3 is 0 Å². The number of likely N-dealkylation sites (N-methyl/N-ethyl adjacent to an activating group) is 1. The number of hydrogen-bond donors (Lipinski definition) is 2. The number of piperazine rings is 1. The molecule has 3 aromatic carbocycles. The molecule has 4 aromatic rings. The second-order valence-corrected chi connectivity index (χ2v) is 11.3. The molecule has 2 N–H and O–H groups in total. The summed E-state index contributed by atoms with van der Waals surface area (Å²) in [4.78, 5) is 31.5. The predicted molar refractivity (Wildman–Crippen MR) is 169 cm³/mol. The zero-order valence-corrected chi connectivity index (χ0v) is 24.7. The number of halogens is 2. The Morgan fingerprint density at radius 2 is 1.77 bits per heavy atom. The summed E-state index contributed by atoms with van der Waals surface area (Å²) in [6.07, 6.45) is 2.66. The Balaban J connectivity index is 1.13. The van der Waals surface area contributed by atoms with Crippen LogP contribution in [0.15, 0.2) is 77.9 Å². The van der Waals surface area contributed by atoms with Crippen molar-refractivity contribution in [1.29, 1.82) is 0 Å². The highest BCUT2D eigenvalue weighted by molar-refractivity contribution is 6.31. The summed E-state index contributed by atoms with van der Waals surface area (Å²) in [5.41, 5.74) is 5.30. The van der Waals surface area contributed by atoms with Crippen molar-refractivity contribution in [2.75, 3.05) is 51.6 Å². The lowest BCUT2D eigenvalue weighted by Crippen LogP contribution is -2.45. The highest BCUT2D eigenvalue weighted by Crippen LogP contribution is 2.34. The second kappa shape index (κ2) is 13.0. The number of nitrogens with zero attached hydrogens (tertiary/aromatic N) is 5. The van der Waals surface area contributed by atoms with Crippen molar-refractivity contribution >= 4 is 34.9 Å². The van der Waals surface area contributed by atoms with Crippen LogP contribution < -0.4 is 10.6 Å². The van der Waals surface area contributed by atoms with Crippen LogP contribution in [0, 0.1) is 5.82 Å². The minimum atomic E-state index is -0.352. The molecule has 2 aliphatic heterocycles. The van der Waals surface area contributed by atoms with Gasteiger partial charge in [0.15, 0.2) is 0 Å². The fraction of sp³-hybridized carbons (Fsp3) is 0.273. The predicted octanol–water partition coefficient (Wildman–Crippen LogP) is 5.40. The van der Waals surface area contributed by atoms with Gasteiger partial charge in [0.25, 0.3) is 5.91 Å². The van der Waals surface area contributed by atoms with Crippen LogP contribution in [0.3, 0.4) is 0 Å². The van der Waals surface area contributed by atoms with Crippen LogP contribution >= 0.6 is 11.6 Å². The normalized spacial score (nSPS) is 15.2. The highest BCUT2D eigenvalue weighted by atomic mass is 35.5. The molecule has 0 bridgehead atoms. The zero-order valence-electron chi connectivity index (χ0n) is 24.0. The van der Waals surface area contributed by atoms with Gasteiger partial charge in [0.1, 0.15) is 5.82 Å². The largest absolute Gasteiger partial charge is 0.352 e. The van der Waals surface area contributed by atoms with Crippen molar-refractivity contribution in [1.82, 2.24) is 25.1 Å². The summed E-state index contributed by atoms with van der Waals surface area (Å²) in [7, 11) is 2.15. The topological polar surface area (TPSA) is 85.8 Å². The molecular formula is C33H33ClFN7O. The molecule has 0 aliphatic carbocycles. The van der Waals surface area contributed by atoms with E-state index in [0.717, 1.165) is 56.0 Å². The first-order chi connectivity index (χ1) is 20.9. The van der Waals surface area contributed by atoms with Crippen molar-refractivity contribution in [2.24, 2.45) is 4.99 Å². The quantitative estimate of drug-likeness (QED) is 0.265. The molecule has 220 valence electrons. The maximum Gasteiger partial charge on any atom is 0.251 e. The van der Waals surface area contributed by atoms with Crippen molar-refractivity contribution in [2.45, 2.75) is 13.0 Å². The molecule has 43 heavy (non-hydrogen) atoms. The first-order valence-corrected chi connectivity index (χ1v) is 14.8. The monoisotopic (exact) mass is 597 g/mol. The molecular weight excluding hydrogens is 565 g/mol. The Bertz CT molecular complexity index is 1650. The lowest BCUT2D eigenvalue weighted by molar-refractivity contribution is 0.0949. The van der Waals surface area contributed by atoms with Gasteiger partial charge in [0.2, 0.25) is 5.95 Å². The van der Waals surface area contributed by atoms with E-state index >= 15 is 0 Å². The number of nitrogens with one attached hydrogen (secondary N) is 2. The molecule has 3 heterocycles. The van der Waals surface area contributed by atoms with Gasteiger partial charge < -0.3 is 20.4 Å². The molecule has 10 heteroatoms. The first-order valence-electron chi connectivity index (χ1n) is 14.5. The molecule has 1 fully saturated rings. The first kappa shape index (κ1) is 28.9. The highest BCUT2D eigenvalue weighted by Gasteiger charge is 2.23. The number of benzene rings is 3. The molecule has 0 saturated carbocycles. The number of fused-ring (bicyclic) bond motifs is 3. The van der Waals surface area contributed by atoms with E-state index < -0.39 is 0 Å². The minimum absolute atomic E-state index is 0.0906. The van der Waals surface area contributed by atoms with Crippen molar-refractivity contribution in [3.63, 3.8) is 0 Å². The third-order valence-corrected chi connectivity index (χ3v) is 8.06. The van der Waals surface area contributed by atoms with Gasteiger partial charge in [-0.15, -0.1) is 0 Å². The number of amides is 1. The molecule has 0 spiro atoms. The molecule has 0 atom stereocenters. The Morgan fingerprint density at radius 3 is 2.56 bits per heavy atom. The van der Waals surface area contributed by atoms with Gasteiger partial charge in [-0.2, -0.15) is 0 Å². The molecule has 2 aliphatic rings. The lowest BCUT2D eigenvalue weighted by Gasteiger charge is -2.32. The second-order valence-electron chi connectivity index (χ2n) is 10.9. The number of carbonyl (C=O) groups excluding carboxylic acids is 1. The molecule has 1 aromatic heterocycles. The van der Waals surface area contributed by atoms with Crippen LogP contribution in [-0.4, -0.2) is 77.7 Å². The van der Waals surface area contributed by atoms with Crippen LogP contribution in [-0.2, 0) is 6.54 Å². The molecule has 6 rings (SSSR count). The summed E-state index contributed by atoms with van der Waals surface area (Å²) in [6, 6.07) is 19.3. The van der Waals surface area contributed by atoms with Gasteiger partial charge in [-0.1, -0.05) is 29.8 Å². The van der Waals surface area contributed by atoms with Crippen molar-refractivity contribution < 1.29 is 9.18 Å². The number of rotatable bonds is 8. The van der Waals surface area contributed by atoms with E-state index in [1.54, 1.807) is 48.7 Å². The van der Waals surface area contributed by atoms with Gasteiger partial charge in [-0.25, -0.2) is 14.4 Å². The van der Waals surface area contributed by atoms with Crippen molar-refractivity contribution in [3.05, 3.63) is 106 Å². The van der Waals surface area contributed by atoms with Gasteiger partial charge in [-0.05, 0) is 68.5 Å². The Morgan fingerprint density at radius 1 is 0.977 bits per heavy atom. The minimum Gasteiger partial charge on any atom is -0.352 e. The molecule has 0 unspecified atom stereocenters. The number of aromatic nitrogens is 2. The fourth-order valence-corrected chi connectivity index (χ4v) is 5.55. The number of hydrogen-bond acceptors (Lipinski definition) is 7. The Hall–Kier alpha value is -4.18. The van der Waals surface area contributed by atoms with Crippen LogP contribution in [0.5, 0.6) is 0 Å². The van der Waals surface area contributed by atoms with Gasteiger partial charge in [-0.3, -0.25) is 9.79 Å². The smallest absolute Gasteiger partial charge is 0.251 e. The fourth-order valence-electron chi connectivity index (χ4n) is 5.38. The van der Waals surface area contributed by atoms with Crippen LogP contribution in [0.25, 0.3) is 11.3 Å². The van der Waals surface area contributed by atoms with E-state index in [-0.39, 0.29) is 11.7 Å². The molecule has 1 saturated heterocycles. The van der Waals surface area contributed by atoms with E-state index in [1.807, 2.05) is 18.2 Å². The lowest BCUT2D eigenvalue weighted by atomic mass is 9.95. The molecule has 1 amide bonds. The van der Waals surface area contributed by atoms with Gasteiger partial charge in [0.05, 0.1) is 18.0 Å². The standard InChI is InChI=1S/C33H33ClFN7O/c1-41-15-17-42(18-16-41)14-4-13-36-32(43)22-7-10-25(11-8-22)39-33-38-21-23-20-37-31(27-5-2-3-6-29(27)35)28-19-24(34)9-12-26(28)30(23)40-33/h2-3,5-12,19,21H,4,13-18,20H2,1H3,(H,36,43)(H,38,39,40). The van der Waals surface area contributed by atoms with E-state index in [9.17, 15) is 9.18 Å². The summed E-state index contributed by atoms with van der Waals surface area (Å²) in [5, 5.41) is 6.79. The maximum absolute atomic E-state index is 14.8. The van der Waals surface area contributed by atoms with Gasteiger partial charge in [0, 0.05) is 77.4 Å². The average Bonchev–Trinajstić information content (AvgIpc) is 3.17. The SMILES string of the molecule is CN1CCN(CCCNC(=O)c2ccc(Nc3ncc4c(n3)-c3ccc(Cl)cc3C(c3ccccc3F)=NC4)cc2)CC1. The van der Waals surface area contributed by atoms with E-state index in [2.05, 4.69) is 32.5 Å². The zero-order chi connectivity index (χ0) is 29.8. The summed E-state index contributed by atoms with van der Waals surface area (Å²) in [5.74, 6) is -0.0448. The number of aliphatic imine (C=N–C) groups is 1.